The molecular weight excluding hydrogens is 451 g/mol. The maximum Gasteiger partial charge on any atom is 0.319 e. The van der Waals surface area contributed by atoms with E-state index in [0.29, 0.717) is 23.9 Å². The van der Waals surface area contributed by atoms with E-state index in [4.69, 9.17) is 17.9 Å². The summed E-state index contributed by atoms with van der Waals surface area (Å²) in [4.78, 5) is 23.9. The van der Waals surface area contributed by atoms with Crippen LogP contribution in [0.2, 0.25) is 0 Å². The first kappa shape index (κ1) is 23.3. The third-order valence-electron chi connectivity index (χ3n) is 5.68. The number of nitrogens with zero attached hydrogens (tertiary/aromatic N) is 5. The summed E-state index contributed by atoms with van der Waals surface area (Å²) in [5.74, 6) is 1.22. The Morgan fingerprint density at radius 2 is 1.86 bits per heavy atom. The van der Waals surface area contributed by atoms with Crippen molar-refractivity contribution < 1.29 is 4.79 Å². The second-order valence-corrected chi connectivity index (χ2v) is 8.67. The molecule has 0 saturated carbocycles. The van der Waals surface area contributed by atoms with Gasteiger partial charge in [-0.25, -0.2) is 14.8 Å². The minimum absolute atomic E-state index is 0.257. The van der Waals surface area contributed by atoms with Crippen molar-refractivity contribution in [3.63, 3.8) is 0 Å². The summed E-state index contributed by atoms with van der Waals surface area (Å²) in [6, 6.07) is 20.9. The van der Waals surface area contributed by atoms with Crippen molar-refractivity contribution in [1.29, 1.82) is 0 Å². The van der Waals surface area contributed by atoms with Crippen LogP contribution in [0.1, 0.15) is 0 Å². The molecule has 10 heteroatoms. The van der Waals surface area contributed by atoms with Gasteiger partial charge in [0.1, 0.15) is 5.82 Å². The van der Waals surface area contributed by atoms with Gasteiger partial charge >= 0.3 is 6.03 Å². The van der Waals surface area contributed by atoms with Gasteiger partial charge in [0.2, 0.25) is 0 Å². The first-order valence-electron chi connectivity index (χ1n) is 11.5. The van der Waals surface area contributed by atoms with Crippen molar-refractivity contribution in [3.05, 3.63) is 72.9 Å². The summed E-state index contributed by atoms with van der Waals surface area (Å²) < 4.78 is 1.35. The lowest BCUT2D eigenvalue weighted by molar-refractivity contribution is 0.250. The number of carbonyl (C=O) groups is 1. The molecule has 3 N–H and O–H groups in total. The van der Waals surface area contributed by atoms with Crippen LogP contribution in [0.15, 0.2) is 72.9 Å². The molecule has 0 saturated heterocycles. The van der Waals surface area contributed by atoms with E-state index in [-0.39, 0.29) is 6.03 Å². The maximum atomic E-state index is 12.3. The molecule has 0 bridgehead atoms. The lowest BCUT2D eigenvalue weighted by atomic mass is 10.1. The third-order valence-corrected chi connectivity index (χ3v) is 5.68. The number of anilines is 3. The van der Waals surface area contributed by atoms with E-state index in [9.17, 15) is 4.79 Å². The molecule has 2 radical (unpaired) electrons. The van der Waals surface area contributed by atoms with E-state index in [0.717, 1.165) is 39.6 Å². The maximum absolute atomic E-state index is 12.3. The Hall–Kier alpha value is -4.44. The monoisotopic (exact) mass is 476 g/mol. The van der Waals surface area contributed by atoms with Gasteiger partial charge in [-0.15, -0.1) is 0 Å². The molecule has 5 rings (SSSR count). The van der Waals surface area contributed by atoms with Crippen LogP contribution >= 0.6 is 0 Å². The SMILES string of the molecule is [B]n1ncc2cc(Nc3nc(-c4cccc(NC(=O)NCCN(C)C)c4)nc4ccccc34)ccc21. The molecule has 0 fully saturated rings. The van der Waals surface area contributed by atoms with E-state index in [1.165, 1.54) is 4.59 Å². The Morgan fingerprint density at radius 1 is 1.00 bits per heavy atom. The number of benzene rings is 3. The molecule has 36 heavy (non-hydrogen) atoms. The molecule has 0 aliphatic heterocycles. The number of rotatable bonds is 7. The van der Waals surface area contributed by atoms with E-state index in [1.807, 2.05) is 85.7 Å². The number of carbonyl (C=O) groups excluding carboxylic acids is 1. The molecule has 0 unspecified atom stereocenters. The van der Waals surface area contributed by atoms with Gasteiger partial charge in [0.05, 0.1) is 17.2 Å². The highest BCUT2D eigenvalue weighted by Gasteiger charge is 2.12. The van der Waals surface area contributed by atoms with E-state index < -0.39 is 0 Å². The highest BCUT2D eigenvalue weighted by atomic mass is 16.2. The van der Waals surface area contributed by atoms with Crippen molar-refractivity contribution in [2.75, 3.05) is 37.8 Å². The van der Waals surface area contributed by atoms with Gasteiger partial charge in [0.15, 0.2) is 5.82 Å². The third kappa shape index (κ3) is 5.13. The van der Waals surface area contributed by atoms with Gasteiger partial charge in [0, 0.05) is 40.8 Å². The molecular formula is C26H25BN8O. The molecule has 178 valence electrons. The van der Waals surface area contributed by atoms with E-state index in [2.05, 4.69) is 21.0 Å². The van der Waals surface area contributed by atoms with Crippen LogP contribution in [-0.2, 0) is 0 Å². The van der Waals surface area contributed by atoms with Crippen LogP contribution in [0.4, 0.5) is 22.0 Å². The van der Waals surface area contributed by atoms with Gasteiger partial charge in [-0.2, -0.15) is 5.10 Å². The summed E-state index contributed by atoms with van der Waals surface area (Å²) in [6.45, 7) is 1.31. The van der Waals surface area contributed by atoms with Gasteiger partial charge in [0.25, 0.3) is 7.98 Å². The largest absolute Gasteiger partial charge is 0.340 e. The van der Waals surface area contributed by atoms with Gasteiger partial charge in [-0.05, 0) is 56.6 Å². The fourth-order valence-corrected chi connectivity index (χ4v) is 3.87. The summed E-state index contributed by atoms with van der Waals surface area (Å²) in [6.07, 6.45) is 1.72. The Morgan fingerprint density at radius 3 is 2.72 bits per heavy atom. The Bertz CT molecular complexity index is 1550. The van der Waals surface area contributed by atoms with Crippen LogP contribution in [0.5, 0.6) is 0 Å². The highest BCUT2D eigenvalue weighted by molar-refractivity contribution is 6.10. The van der Waals surface area contributed by atoms with E-state index in [1.54, 1.807) is 6.20 Å². The molecule has 0 spiro atoms. The lowest BCUT2D eigenvalue weighted by Gasteiger charge is -2.13. The quantitative estimate of drug-likeness (QED) is 0.307. The summed E-state index contributed by atoms with van der Waals surface area (Å²) in [5.41, 5.74) is 3.94. The molecule has 9 nitrogen and oxygen atoms in total. The molecule has 0 atom stereocenters. The van der Waals surface area contributed by atoms with Crippen molar-refractivity contribution in [2.45, 2.75) is 0 Å². The zero-order chi connectivity index (χ0) is 25.1. The fraction of sp³-hybridized carbons (Fsp3) is 0.154. The minimum Gasteiger partial charge on any atom is -0.340 e. The Kier molecular flexibility index (Phi) is 6.51. The Balaban J connectivity index is 1.44. The average Bonchev–Trinajstić information content (AvgIpc) is 3.23. The first-order chi connectivity index (χ1) is 17.5. The van der Waals surface area contributed by atoms with Crippen LogP contribution in [0.3, 0.4) is 0 Å². The number of amides is 2. The molecule has 0 aliphatic carbocycles. The number of nitrogens with one attached hydrogen (secondary N) is 3. The van der Waals surface area contributed by atoms with Crippen molar-refractivity contribution in [3.8, 4) is 11.4 Å². The zero-order valence-corrected chi connectivity index (χ0v) is 20.1. The van der Waals surface area contributed by atoms with E-state index >= 15 is 0 Å². The van der Waals surface area contributed by atoms with Crippen molar-refractivity contribution in [1.82, 2.24) is 29.9 Å². The van der Waals surface area contributed by atoms with Gasteiger partial charge in [-0.1, -0.05) is 24.3 Å². The summed E-state index contributed by atoms with van der Waals surface area (Å²) >= 11 is 0. The smallest absolute Gasteiger partial charge is 0.319 e. The lowest BCUT2D eigenvalue weighted by Crippen LogP contribution is -2.34. The second-order valence-electron chi connectivity index (χ2n) is 8.67. The number of likely N-dealkylation sites (N-methyl/N-ethyl adjacent to an activating group) is 1. The van der Waals surface area contributed by atoms with Crippen molar-refractivity contribution >= 4 is 53.0 Å². The van der Waals surface area contributed by atoms with Crippen LogP contribution in [-0.4, -0.2) is 65.8 Å². The number of para-hydroxylation sites is 1. The normalized spacial score (nSPS) is 11.2. The zero-order valence-electron chi connectivity index (χ0n) is 20.1. The summed E-state index contributed by atoms with van der Waals surface area (Å²) in [5, 5.41) is 15.1. The van der Waals surface area contributed by atoms with Gasteiger partial charge in [-0.3, -0.25) is 0 Å². The number of urea groups is 1. The fourth-order valence-electron chi connectivity index (χ4n) is 3.87. The number of hydrogen-bond donors (Lipinski definition) is 3. The molecule has 2 heterocycles. The number of fused-ring (bicyclic) bond motifs is 2. The first-order valence-corrected chi connectivity index (χ1v) is 11.5. The molecule has 3 aromatic carbocycles. The molecule has 0 aliphatic rings. The average molecular weight is 476 g/mol. The number of aromatic nitrogens is 4. The molecule has 5 aromatic rings. The van der Waals surface area contributed by atoms with Crippen LogP contribution in [0, 0.1) is 0 Å². The molecule has 2 amide bonds. The topological polar surface area (TPSA) is 100 Å². The predicted molar refractivity (Wildman–Crippen MR) is 145 cm³/mol. The minimum atomic E-state index is -0.257. The number of hydrogen-bond acceptors (Lipinski definition) is 6. The van der Waals surface area contributed by atoms with Crippen LogP contribution < -0.4 is 16.0 Å². The van der Waals surface area contributed by atoms with Crippen LogP contribution in [0.25, 0.3) is 33.2 Å². The Labute approximate surface area is 210 Å². The standard InChI is InChI=1S/C26H25BN8O/c1-34(2)13-12-28-26(36)31-19-7-5-6-17(14-19)24-32-22-9-4-3-8-21(22)25(33-24)30-20-10-11-23-18(15-20)16-29-35(23)27/h3-11,14-16H,12-13H2,1-2H3,(H2,28,31,36)(H,30,32,33). The predicted octanol–water partition coefficient (Wildman–Crippen LogP) is 4.00. The molecule has 2 aromatic heterocycles. The van der Waals surface area contributed by atoms with Gasteiger partial charge < -0.3 is 25.4 Å². The highest BCUT2D eigenvalue weighted by Crippen LogP contribution is 2.29. The van der Waals surface area contributed by atoms with Crippen molar-refractivity contribution in [2.24, 2.45) is 0 Å². The second kappa shape index (κ2) is 10.0. The summed E-state index contributed by atoms with van der Waals surface area (Å²) in [7, 11) is 9.77.